The molecule has 4 fully saturated rings. The number of Topliss-reactive ketones (excluding diaryl/α,β-unsaturated/α-hetero) is 1. The number of rotatable bonds is 7. The van der Waals surface area contributed by atoms with Gasteiger partial charge in [0.2, 0.25) is 0 Å². The zero-order valence-corrected chi connectivity index (χ0v) is 18.1. The monoisotopic (exact) mass is 425 g/mol. The summed E-state index contributed by atoms with van der Waals surface area (Å²) < 4.78 is 11.3. The topological polar surface area (TPSA) is 65.5 Å². The molecule has 5 nitrogen and oxygen atoms in total. The standard InChI is InChI=1S/C24H27NO4S/c1-15-25-19(14-30-15)12-28-21-5-3-2-4-20(21)23(27)29-13-22(26)24-9-16-6-17(10-24)8-18(7-16)11-24/h2-5,14,16-18H,6-13H2,1H3. The molecule has 6 rings (SSSR count). The zero-order valence-electron chi connectivity index (χ0n) is 17.3. The molecule has 4 aliphatic carbocycles. The van der Waals surface area contributed by atoms with Crippen LogP contribution in [0.2, 0.25) is 0 Å². The van der Waals surface area contributed by atoms with Gasteiger partial charge in [0.15, 0.2) is 12.4 Å². The molecule has 0 unspecified atom stereocenters. The number of hydrogen-bond acceptors (Lipinski definition) is 6. The summed E-state index contributed by atoms with van der Waals surface area (Å²) in [6.07, 6.45) is 6.83. The number of para-hydroxylation sites is 1. The van der Waals surface area contributed by atoms with Crippen molar-refractivity contribution in [3.8, 4) is 5.75 Å². The lowest BCUT2D eigenvalue weighted by Gasteiger charge is -2.55. The van der Waals surface area contributed by atoms with E-state index in [1.54, 1.807) is 29.5 Å². The highest BCUT2D eigenvalue weighted by molar-refractivity contribution is 7.09. The summed E-state index contributed by atoms with van der Waals surface area (Å²) in [5, 5.41) is 2.92. The molecular formula is C24H27NO4S. The van der Waals surface area contributed by atoms with Gasteiger partial charge in [0.25, 0.3) is 0 Å². The lowest BCUT2D eigenvalue weighted by atomic mass is 9.48. The molecule has 1 aromatic carbocycles. The zero-order chi connectivity index (χ0) is 20.7. The van der Waals surface area contributed by atoms with Gasteiger partial charge in [-0.3, -0.25) is 4.79 Å². The van der Waals surface area contributed by atoms with Crippen LogP contribution in [0.1, 0.15) is 59.6 Å². The Balaban J connectivity index is 1.22. The number of ketones is 1. The fraction of sp³-hybridized carbons (Fsp3) is 0.542. The smallest absolute Gasteiger partial charge is 0.342 e. The minimum atomic E-state index is -0.502. The minimum Gasteiger partial charge on any atom is -0.486 e. The third-order valence-corrected chi connectivity index (χ3v) is 7.94. The minimum absolute atomic E-state index is 0.117. The Kier molecular flexibility index (Phi) is 5.13. The number of hydrogen-bond donors (Lipinski definition) is 0. The Morgan fingerprint density at radius 3 is 2.40 bits per heavy atom. The normalized spacial score (nSPS) is 29.0. The van der Waals surface area contributed by atoms with Crippen LogP contribution in [0.3, 0.4) is 0 Å². The van der Waals surface area contributed by atoms with Gasteiger partial charge in [-0.15, -0.1) is 11.3 Å². The van der Waals surface area contributed by atoms with Crippen LogP contribution in [0, 0.1) is 30.1 Å². The molecular weight excluding hydrogens is 398 g/mol. The molecule has 30 heavy (non-hydrogen) atoms. The molecule has 1 aromatic heterocycles. The number of thiazole rings is 1. The maximum Gasteiger partial charge on any atom is 0.342 e. The predicted octanol–water partition coefficient (Wildman–Crippen LogP) is 4.97. The molecule has 1 heterocycles. The van der Waals surface area contributed by atoms with E-state index < -0.39 is 5.97 Å². The molecule has 0 aliphatic heterocycles. The van der Waals surface area contributed by atoms with Crippen LogP contribution in [0.4, 0.5) is 0 Å². The first-order chi connectivity index (χ1) is 14.5. The van der Waals surface area contributed by atoms with Crippen molar-refractivity contribution in [3.05, 3.63) is 45.9 Å². The quantitative estimate of drug-likeness (QED) is 0.586. The van der Waals surface area contributed by atoms with E-state index in [2.05, 4.69) is 4.98 Å². The Bertz CT molecular complexity index is 930. The molecule has 4 aliphatic rings. The van der Waals surface area contributed by atoms with E-state index in [1.807, 2.05) is 18.4 Å². The first-order valence-electron chi connectivity index (χ1n) is 10.8. The molecule has 2 aromatic rings. The van der Waals surface area contributed by atoms with Crippen LogP contribution >= 0.6 is 11.3 Å². The number of aromatic nitrogens is 1. The van der Waals surface area contributed by atoms with Gasteiger partial charge in [-0.1, -0.05) is 12.1 Å². The van der Waals surface area contributed by atoms with Gasteiger partial charge in [0, 0.05) is 10.8 Å². The first-order valence-corrected chi connectivity index (χ1v) is 11.7. The summed E-state index contributed by atoms with van der Waals surface area (Å²) in [5.41, 5.74) is 0.938. The van der Waals surface area contributed by atoms with Crippen LogP contribution in [-0.2, 0) is 16.1 Å². The molecule has 0 N–H and O–H groups in total. The Morgan fingerprint density at radius 2 is 1.77 bits per heavy atom. The number of ether oxygens (including phenoxy) is 2. The maximum absolute atomic E-state index is 13.1. The number of esters is 1. The van der Waals surface area contributed by atoms with Gasteiger partial charge >= 0.3 is 5.97 Å². The Morgan fingerprint density at radius 1 is 1.10 bits per heavy atom. The summed E-state index contributed by atoms with van der Waals surface area (Å²) in [7, 11) is 0. The van der Waals surface area contributed by atoms with Crippen LogP contribution in [-0.4, -0.2) is 23.3 Å². The van der Waals surface area contributed by atoms with E-state index >= 15 is 0 Å². The lowest BCUT2D eigenvalue weighted by Crippen LogP contribution is -2.51. The van der Waals surface area contributed by atoms with Gasteiger partial charge in [-0.2, -0.15) is 0 Å². The van der Waals surface area contributed by atoms with E-state index in [-0.39, 0.29) is 17.8 Å². The second-order valence-corrected chi connectivity index (χ2v) is 10.4. The highest BCUT2D eigenvalue weighted by Gasteiger charge is 2.54. The third-order valence-electron chi connectivity index (χ3n) is 7.11. The van der Waals surface area contributed by atoms with Crippen molar-refractivity contribution >= 4 is 23.1 Å². The van der Waals surface area contributed by atoms with Crippen LogP contribution < -0.4 is 4.74 Å². The van der Waals surface area contributed by atoms with Crippen LogP contribution in [0.15, 0.2) is 29.6 Å². The van der Waals surface area contributed by atoms with E-state index in [4.69, 9.17) is 9.47 Å². The molecule has 6 heteroatoms. The molecule has 4 bridgehead atoms. The number of carbonyl (C=O) groups is 2. The van der Waals surface area contributed by atoms with E-state index in [0.29, 0.717) is 35.7 Å². The molecule has 0 saturated heterocycles. The van der Waals surface area contributed by atoms with Gasteiger partial charge in [-0.05, 0) is 75.3 Å². The third kappa shape index (κ3) is 3.78. The Labute approximate surface area is 180 Å². The number of benzene rings is 1. The van der Waals surface area contributed by atoms with Crippen molar-refractivity contribution in [1.82, 2.24) is 4.98 Å². The van der Waals surface area contributed by atoms with E-state index in [1.165, 1.54) is 19.3 Å². The number of nitrogens with zero attached hydrogens (tertiary/aromatic N) is 1. The molecule has 0 radical (unpaired) electrons. The largest absolute Gasteiger partial charge is 0.486 e. The van der Waals surface area contributed by atoms with Gasteiger partial charge in [-0.25, -0.2) is 9.78 Å². The van der Waals surface area contributed by atoms with Gasteiger partial charge < -0.3 is 9.47 Å². The van der Waals surface area contributed by atoms with Crippen molar-refractivity contribution in [1.29, 1.82) is 0 Å². The van der Waals surface area contributed by atoms with E-state index in [0.717, 1.165) is 30.0 Å². The van der Waals surface area contributed by atoms with Crippen molar-refractivity contribution in [2.24, 2.45) is 23.2 Å². The maximum atomic E-state index is 13.1. The van der Waals surface area contributed by atoms with Crippen LogP contribution in [0.5, 0.6) is 5.75 Å². The Hall–Kier alpha value is -2.21. The second-order valence-electron chi connectivity index (χ2n) is 9.34. The fourth-order valence-corrected chi connectivity index (χ4v) is 6.80. The molecule has 4 saturated carbocycles. The summed E-state index contributed by atoms with van der Waals surface area (Å²) in [5.74, 6) is 2.15. The molecule has 0 spiro atoms. The van der Waals surface area contributed by atoms with Gasteiger partial charge in [0.1, 0.15) is 17.9 Å². The van der Waals surface area contributed by atoms with Crippen molar-refractivity contribution < 1.29 is 19.1 Å². The average Bonchev–Trinajstić information content (AvgIpc) is 3.14. The molecule has 0 atom stereocenters. The van der Waals surface area contributed by atoms with Crippen LogP contribution in [0.25, 0.3) is 0 Å². The summed E-state index contributed by atoms with van der Waals surface area (Å²) >= 11 is 1.56. The number of aryl methyl sites for hydroxylation is 1. The molecule has 0 amide bonds. The lowest BCUT2D eigenvalue weighted by molar-refractivity contribution is -0.147. The summed E-state index contributed by atoms with van der Waals surface area (Å²) in [6.45, 7) is 2.10. The SMILES string of the molecule is Cc1nc(COc2ccccc2C(=O)OCC(=O)C23CC4CC(CC(C4)C2)C3)cs1. The van der Waals surface area contributed by atoms with Crippen molar-refractivity contribution in [2.75, 3.05) is 6.61 Å². The highest BCUT2D eigenvalue weighted by atomic mass is 32.1. The summed E-state index contributed by atoms with van der Waals surface area (Å²) in [6, 6.07) is 7.02. The highest BCUT2D eigenvalue weighted by Crippen LogP contribution is 2.60. The van der Waals surface area contributed by atoms with Gasteiger partial charge in [0.05, 0.1) is 10.7 Å². The molecule has 158 valence electrons. The number of carbonyl (C=O) groups excluding carboxylic acids is 2. The summed E-state index contributed by atoms with van der Waals surface area (Å²) in [4.78, 5) is 30.2. The first kappa shape index (κ1) is 19.7. The van der Waals surface area contributed by atoms with Crippen molar-refractivity contribution in [3.63, 3.8) is 0 Å². The fourth-order valence-electron chi connectivity index (χ4n) is 6.20. The van der Waals surface area contributed by atoms with Crippen molar-refractivity contribution in [2.45, 2.75) is 52.1 Å². The van der Waals surface area contributed by atoms with E-state index in [9.17, 15) is 9.59 Å². The second kappa shape index (κ2) is 7.80. The average molecular weight is 426 g/mol. The predicted molar refractivity (Wildman–Crippen MR) is 114 cm³/mol.